The first-order chi connectivity index (χ1) is 12.7. The third-order valence-corrected chi connectivity index (χ3v) is 4.27. The molecule has 1 heterocycles. The first-order valence-electron chi connectivity index (χ1n) is 8.32. The summed E-state index contributed by atoms with van der Waals surface area (Å²) < 4.78 is 40.6. The van der Waals surface area contributed by atoms with Gasteiger partial charge in [0.2, 0.25) is 0 Å². The minimum atomic E-state index is -4.52. The summed E-state index contributed by atoms with van der Waals surface area (Å²) in [7, 11) is 0. The summed E-state index contributed by atoms with van der Waals surface area (Å²) in [6.07, 6.45) is -4.16. The Morgan fingerprint density at radius 1 is 1.15 bits per heavy atom. The highest BCUT2D eigenvalue weighted by Gasteiger charge is 2.31. The van der Waals surface area contributed by atoms with Crippen molar-refractivity contribution in [1.29, 1.82) is 0 Å². The zero-order valence-electron chi connectivity index (χ0n) is 14.7. The van der Waals surface area contributed by atoms with Crippen LogP contribution >= 0.6 is 0 Å². The second kappa shape index (κ2) is 6.90. The van der Waals surface area contributed by atoms with Crippen LogP contribution in [-0.4, -0.2) is 20.9 Å². The number of aryl methyl sites for hydroxylation is 1. The van der Waals surface area contributed by atoms with Crippen molar-refractivity contribution in [3.8, 4) is 16.9 Å². The molecule has 0 atom stereocenters. The number of benzene rings is 2. The van der Waals surface area contributed by atoms with E-state index in [1.807, 2.05) is 19.1 Å². The van der Waals surface area contributed by atoms with Crippen LogP contribution in [-0.2, 0) is 12.6 Å². The first-order valence-corrected chi connectivity index (χ1v) is 8.32. The Bertz CT molecular complexity index is 989. The Hall–Kier alpha value is -3.09. The topological polar surface area (TPSA) is 55.1 Å². The second-order valence-electron chi connectivity index (χ2n) is 6.15. The lowest BCUT2D eigenvalue weighted by atomic mass is 10.0. The van der Waals surface area contributed by atoms with Gasteiger partial charge in [0.05, 0.1) is 16.9 Å². The zero-order chi connectivity index (χ0) is 19.8. The van der Waals surface area contributed by atoms with Gasteiger partial charge < -0.3 is 5.11 Å². The van der Waals surface area contributed by atoms with Gasteiger partial charge in [-0.3, -0.25) is 0 Å². The van der Waals surface area contributed by atoms with E-state index in [0.717, 1.165) is 17.7 Å². The molecule has 4 nitrogen and oxygen atoms in total. The van der Waals surface area contributed by atoms with E-state index in [-0.39, 0.29) is 16.8 Å². The smallest absolute Gasteiger partial charge is 0.416 e. The molecular formula is C20H17F3N2O2. The molecule has 0 amide bonds. The number of carboxylic acids is 1. The van der Waals surface area contributed by atoms with Gasteiger partial charge in [-0.05, 0) is 37.6 Å². The molecule has 1 N–H and O–H groups in total. The predicted octanol–water partition coefficient (Wildman–Crippen LogP) is 5.13. The number of rotatable bonds is 4. The summed E-state index contributed by atoms with van der Waals surface area (Å²) in [4.78, 5) is 11.9. The quantitative estimate of drug-likeness (QED) is 0.689. The van der Waals surface area contributed by atoms with Gasteiger partial charge in [-0.2, -0.15) is 18.3 Å². The fourth-order valence-corrected chi connectivity index (χ4v) is 2.95. The van der Waals surface area contributed by atoms with Crippen molar-refractivity contribution in [1.82, 2.24) is 9.78 Å². The van der Waals surface area contributed by atoms with Crippen molar-refractivity contribution in [3.05, 3.63) is 70.9 Å². The van der Waals surface area contributed by atoms with Crippen LogP contribution in [0.2, 0.25) is 0 Å². The van der Waals surface area contributed by atoms with Gasteiger partial charge in [0.1, 0.15) is 11.3 Å². The molecule has 0 saturated carbocycles. The Morgan fingerprint density at radius 2 is 1.81 bits per heavy atom. The fourth-order valence-electron chi connectivity index (χ4n) is 2.95. The van der Waals surface area contributed by atoms with Crippen molar-refractivity contribution in [3.63, 3.8) is 0 Å². The number of hydrogen-bond acceptors (Lipinski definition) is 2. The van der Waals surface area contributed by atoms with Gasteiger partial charge in [-0.1, -0.05) is 36.8 Å². The molecule has 0 aliphatic heterocycles. The molecule has 3 rings (SSSR count). The molecule has 0 fully saturated rings. The molecule has 7 heteroatoms. The number of carbonyl (C=O) groups is 1. The van der Waals surface area contributed by atoms with Gasteiger partial charge in [0.15, 0.2) is 0 Å². The molecule has 0 aliphatic rings. The molecule has 0 aliphatic carbocycles. The number of alkyl halides is 3. The van der Waals surface area contributed by atoms with E-state index in [0.29, 0.717) is 17.8 Å². The zero-order valence-corrected chi connectivity index (χ0v) is 14.7. The highest BCUT2D eigenvalue weighted by Crippen LogP contribution is 2.34. The molecule has 0 unspecified atom stereocenters. The normalized spacial score (nSPS) is 11.6. The van der Waals surface area contributed by atoms with Crippen molar-refractivity contribution < 1.29 is 23.1 Å². The van der Waals surface area contributed by atoms with E-state index in [2.05, 4.69) is 5.10 Å². The van der Waals surface area contributed by atoms with Crippen LogP contribution in [0.5, 0.6) is 0 Å². The maximum atomic E-state index is 13.1. The van der Waals surface area contributed by atoms with Crippen molar-refractivity contribution >= 4 is 5.97 Å². The van der Waals surface area contributed by atoms with Gasteiger partial charge in [-0.15, -0.1) is 0 Å². The average Bonchev–Trinajstić information content (AvgIpc) is 3.01. The molecule has 0 saturated heterocycles. The minimum Gasteiger partial charge on any atom is -0.478 e. The fraction of sp³-hybridized carbons (Fsp3) is 0.200. The average molecular weight is 374 g/mol. The lowest BCUT2D eigenvalue weighted by Crippen LogP contribution is -2.06. The van der Waals surface area contributed by atoms with Crippen molar-refractivity contribution in [2.45, 2.75) is 26.4 Å². The second-order valence-corrected chi connectivity index (χ2v) is 6.15. The minimum absolute atomic E-state index is 0.0195. The van der Waals surface area contributed by atoms with E-state index >= 15 is 0 Å². The standard InChI is InChI=1S/C20H17F3N2O2/c1-3-16-17(19(26)27)18(13-5-4-6-14(11-13)20(21,22)23)24-25(16)15-9-7-12(2)8-10-15/h4-11H,3H2,1-2H3,(H,26,27). The Morgan fingerprint density at radius 3 is 2.37 bits per heavy atom. The summed E-state index contributed by atoms with van der Waals surface area (Å²) in [5, 5.41) is 14.1. The Kier molecular flexibility index (Phi) is 4.78. The summed E-state index contributed by atoms with van der Waals surface area (Å²) in [6.45, 7) is 3.70. The Balaban J connectivity index is 2.25. The molecule has 140 valence electrons. The van der Waals surface area contributed by atoms with Crippen LogP contribution < -0.4 is 0 Å². The largest absolute Gasteiger partial charge is 0.478 e. The number of aromatic nitrogens is 2. The molecule has 27 heavy (non-hydrogen) atoms. The Labute approximate surface area is 153 Å². The maximum absolute atomic E-state index is 13.1. The van der Waals surface area contributed by atoms with Crippen LogP contribution in [0.3, 0.4) is 0 Å². The summed E-state index contributed by atoms with van der Waals surface area (Å²) in [6, 6.07) is 11.9. The third-order valence-electron chi connectivity index (χ3n) is 4.27. The summed E-state index contributed by atoms with van der Waals surface area (Å²) in [5.74, 6) is -1.22. The van der Waals surface area contributed by atoms with Gasteiger partial charge in [0, 0.05) is 5.56 Å². The lowest BCUT2D eigenvalue weighted by molar-refractivity contribution is -0.137. The molecule has 0 bridgehead atoms. The van der Waals surface area contributed by atoms with E-state index in [4.69, 9.17) is 0 Å². The molecule has 0 spiro atoms. The predicted molar refractivity (Wildman–Crippen MR) is 95.1 cm³/mol. The molecular weight excluding hydrogens is 357 g/mol. The van der Waals surface area contributed by atoms with Crippen molar-refractivity contribution in [2.75, 3.05) is 0 Å². The van der Waals surface area contributed by atoms with E-state index in [9.17, 15) is 23.1 Å². The maximum Gasteiger partial charge on any atom is 0.416 e. The lowest BCUT2D eigenvalue weighted by Gasteiger charge is -2.08. The highest BCUT2D eigenvalue weighted by atomic mass is 19.4. The van der Waals surface area contributed by atoms with E-state index < -0.39 is 17.7 Å². The van der Waals surface area contributed by atoms with Crippen LogP contribution in [0.25, 0.3) is 16.9 Å². The van der Waals surface area contributed by atoms with Crippen molar-refractivity contribution in [2.24, 2.45) is 0 Å². The number of halogens is 3. The number of carboxylic acid groups (broad SMARTS) is 1. The van der Waals surface area contributed by atoms with Gasteiger partial charge in [0.25, 0.3) is 0 Å². The molecule has 0 radical (unpaired) electrons. The highest BCUT2D eigenvalue weighted by molar-refractivity contribution is 5.96. The van der Waals surface area contributed by atoms with E-state index in [1.54, 1.807) is 19.1 Å². The van der Waals surface area contributed by atoms with Gasteiger partial charge in [-0.25, -0.2) is 9.48 Å². The number of nitrogens with zero attached hydrogens (tertiary/aromatic N) is 2. The molecule has 1 aromatic heterocycles. The van der Waals surface area contributed by atoms with E-state index in [1.165, 1.54) is 16.8 Å². The molecule has 2 aromatic carbocycles. The van der Waals surface area contributed by atoms with Crippen LogP contribution in [0.15, 0.2) is 48.5 Å². The summed E-state index contributed by atoms with van der Waals surface area (Å²) >= 11 is 0. The van der Waals surface area contributed by atoms with Crippen LogP contribution in [0, 0.1) is 6.92 Å². The molecule has 3 aromatic rings. The van der Waals surface area contributed by atoms with Crippen LogP contribution in [0.1, 0.15) is 34.1 Å². The third kappa shape index (κ3) is 3.58. The number of hydrogen-bond donors (Lipinski definition) is 1. The van der Waals surface area contributed by atoms with Gasteiger partial charge >= 0.3 is 12.1 Å². The monoisotopic (exact) mass is 374 g/mol. The SMILES string of the molecule is CCc1c(C(=O)O)c(-c2cccc(C(F)(F)F)c2)nn1-c1ccc(C)cc1. The van der Waals surface area contributed by atoms with Crippen LogP contribution in [0.4, 0.5) is 13.2 Å². The summed E-state index contributed by atoms with van der Waals surface area (Å²) in [5.41, 5.74) is 1.31. The first kappa shape index (κ1) is 18.7. The number of aromatic carboxylic acids is 1.